The smallest absolute Gasteiger partial charge is 0.407 e. The summed E-state index contributed by atoms with van der Waals surface area (Å²) < 4.78 is 0. The fraction of sp³-hybridized carbons (Fsp3) is 0.667. The van der Waals surface area contributed by atoms with Crippen molar-refractivity contribution >= 4 is 6.09 Å². The van der Waals surface area contributed by atoms with Gasteiger partial charge in [-0.2, -0.15) is 0 Å². The van der Waals surface area contributed by atoms with Gasteiger partial charge in [-0.15, -0.1) is 12.3 Å². The second-order valence-electron chi connectivity index (χ2n) is 3.37. The van der Waals surface area contributed by atoms with Crippen LogP contribution in [0.25, 0.3) is 0 Å². The first-order valence-corrected chi connectivity index (χ1v) is 4.21. The van der Waals surface area contributed by atoms with Gasteiger partial charge in [0.1, 0.15) is 0 Å². The lowest BCUT2D eigenvalue weighted by molar-refractivity contribution is -0.0124. The maximum atomic E-state index is 10.5. The number of hydrogen-bond acceptors (Lipinski definition) is 2. The number of piperidine rings is 1. The second-order valence-corrected chi connectivity index (χ2v) is 3.37. The van der Waals surface area contributed by atoms with Crippen LogP contribution in [-0.2, 0) is 0 Å². The van der Waals surface area contributed by atoms with E-state index in [1.165, 1.54) is 4.90 Å². The number of rotatable bonds is 1. The largest absolute Gasteiger partial charge is 0.465 e. The van der Waals surface area contributed by atoms with E-state index in [1.54, 1.807) is 0 Å². The zero-order chi connectivity index (χ0) is 9.90. The molecule has 1 heterocycles. The van der Waals surface area contributed by atoms with Crippen molar-refractivity contribution in [3.05, 3.63) is 0 Å². The van der Waals surface area contributed by atoms with Crippen LogP contribution in [0.2, 0.25) is 0 Å². The Bertz CT molecular complexity index is 236. The zero-order valence-electron chi connectivity index (χ0n) is 7.36. The molecule has 1 aliphatic heterocycles. The molecular weight excluding hydrogens is 170 g/mol. The van der Waals surface area contributed by atoms with Gasteiger partial charge in [0.15, 0.2) is 0 Å². The van der Waals surface area contributed by atoms with E-state index in [4.69, 9.17) is 11.5 Å². The van der Waals surface area contributed by atoms with Crippen LogP contribution in [0.15, 0.2) is 0 Å². The molecule has 13 heavy (non-hydrogen) atoms. The van der Waals surface area contributed by atoms with Crippen LogP contribution in [0.1, 0.15) is 19.3 Å². The summed E-state index contributed by atoms with van der Waals surface area (Å²) in [4.78, 5) is 11.8. The summed E-state index contributed by atoms with van der Waals surface area (Å²) in [5, 5.41) is 18.5. The van der Waals surface area contributed by atoms with Gasteiger partial charge in [0.2, 0.25) is 0 Å². The summed E-state index contributed by atoms with van der Waals surface area (Å²) in [5.41, 5.74) is -0.847. The van der Waals surface area contributed by atoms with Crippen molar-refractivity contribution in [2.45, 2.75) is 24.9 Å². The summed E-state index contributed by atoms with van der Waals surface area (Å²) in [5.74, 6) is 2.41. The lowest BCUT2D eigenvalue weighted by atomic mass is 9.89. The van der Waals surface area contributed by atoms with Crippen LogP contribution in [0.4, 0.5) is 4.79 Å². The van der Waals surface area contributed by atoms with Crippen molar-refractivity contribution in [2.24, 2.45) is 0 Å². The molecule has 0 radical (unpaired) electrons. The molecule has 4 nitrogen and oxygen atoms in total. The molecule has 4 heteroatoms. The molecule has 1 saturated heterocycles. The highest BCUT2D eigenvalue weighted by atomic mass is 16.4. The van der Waals surface area contributed by atoms with Crippen LogP contribution in [0, 0.1) is 12.3 Å². The van der Waals surface area contributed by atoms with Gasteiger partial charge in [0.05, 0.1) is 5.60 Å². The lowest BCUT2D eigenvalue weighted by Crippen LogP contribution is -2.46. The molecule has 1 amide bonds. The number of nitrogens with zero attached hydrogens (tertiary/aromatic N) is 1. The van der Waals surface area contributed by atoms with Gasteiger partial charge < -0.3 is 15.1 Å². The van der Waals surface area contributed by atoms with E-state index in [1.807, 2.05) is 0 Å². The van der Waals surface area contributed by atoms with Gasteiger partial charge >= 0.3 is 6.09 Å². The van der Waals surface area contributed by atoms with Gasteiger partial charge in [-0.3, -0.25) is 0 Å². The SMILES string of the molecule is C#CCC1(O)CCN(C(=O)O)CC1. The molecule has 1 rings (SSSR count). The Morgan fingerprint density at radius 2 is 2.08 bits per heavy atom. The predicted octanol–water partition coefficient (Wildman–Crippen LogP) is 0.515. The van der Waals surface area contributed by atoms with Crippen molar-refractivity contribution in [1.29, 1.82) is 0 Å². The highest BCUT2D eigenvalue weighted by molar-refractivity contribution is 5.65. The van der Waals surface area contributed by atoms with Crippen molar-refractivity contribution < 1.29 is 15.0 Å². The van der Waals surface area contributed by atoms with Crippen LogP contribution in [0.3, 0.4) is 0 Å². The highest BCUT2D eigenvalue weighted by Gasteiger charge is 2.32. The molecule has 0 aromatic carbocycles. The minimum absolute atomic E-state index is 0.306. The molecule has 0 aliphatic carbocycles. The topological polar surface area (TPSA) is 60.8 Å². The van der Waals surface area contributed by atoms with Gasteiger partial charge in [-0.1, -0.05) is 0 Å². The monoisotopic (exact) mass is 183 g/mol. The molecule has 1 fully saturated rings. The normalized spacial score (nSPS) is 20.8. The first-order valence-electron chi connectivity index (χ1n) is 4.21. The molecule has 2 N–H and O–H groups in total. The molecular formula is C9H13NO3. The number of amides is 1. The summed E-state index contributed by atoms with van der Waals surface area (Å²) in [6.45, 7) is 0.737. The average Bonchev–Trinajstić information content (AvgIpc) is 2.05. The number of terminal acetylenes is 1. The summed E-state index contributed by atoms with van der Waals surface area (Å²) in [6, 6.07) is 0. The number of aliphatic hydroxyl groups is 1. The van der Waals surface area contributed by atoms with Gasteiger partial charge in [0.25, 0.3) is 0 Å². The predicted molar refractivity (Wildman–Crippen MR) is 47.2 cm³/mol. The van der Waals surface area contributed by atoms with Gasteiger partial charge in [-0.05, 0) is 12.8 Å². The lowest BCUT2D eigenvalue weighted by Gasteiger charge is -2.35. The van der Waals surface area contributed by atoms with E-state index in [0.29, 0.717) is 32.4 Å². The molecule has 0 aromatic heterocycles. The van der Waals surface area contributed by atoms with Crippen LogP contribution in [0.5, 0.6) is 0 Å². The quantitative estimate of drug-likeness (QED) is 0.582. The molecule has 0 spiro atoms. The maximum Gasteiger partial charge on any atom is 0.407 e. The Morgan fingerprint density at radius 1 is 1.54 bits per heavy atom. The standard InChI is InChI=1S/C9H13NO3/c1-2-3-9(13)4-6-10(7-5-9)8(11)12/h1,13H,3-7H2,(H,11,12). The molecule has 0 saturated carbocycles. The van der Waals surface area contributed by atoms with E-state index in [-0.39, 0.29) is 0 Å². The van der Waals surface area contributed by atoms with E-state index in [2.05, 4.69) is 5.92 Å². The summed E-state index contributed by atoms with van der Waals surface area (Å²) in [6.07, 6.45) is 5.35. The fourth-order valence-corrected chi connectivity index (χ4v) is 1.48. The van der Waals surface area contributed by atoms with Crippen molar-refractivity contribution in [2.75, 3.05) is 13.1 Å². The van der Waals surface area contributed by atoms with Crippen molar-refractivity contribution in [1.82, 2.24) is 4.90 Å². The summed E-state index contributed by atoms with van der Waals surface area (Å²) >= 11 is 0. The Hall–Kier alpha value is -1.21. The van der Waals surface area contributed by atoms with Gasteiger partial charge in [-0.25, -0.2) is 4.79 Å². The number of likely N-dealkylation sites (tertiary alicyclic amines) is 1. The molecule has 72 valence electrons. The Morgan fingerprint density at radius 3 is 2.46 bits per heavy atom. The Labute approximate surface area is 77.2 Å². The molecule has 0 aromatic rings. The summed E-state index contributed by atoms with van der Waals surface area (Å²) in [7, 11) is 0. The average molecular weight is 183 g/mol. The molecule has 0 unspecified atom stereocenters. The highest BCUT2D eigenvalue weighted by Crippen LogP contribution is 2.24. The number of carboxylic acid groups (broad SMARTS) is 1. The minimum atomic E-state index is -0.928. The van der Waals surface area contributed by atoms with Crippen molar-refractivity contribution in [3.8, 4) is 12.3 Å². The Balaban J connectivity index is 2.47. The maximum absolute atomic E-state index is 10.5. The molecule has 1 aliphatic rings. The Kier molecular flexibility index (Phi) is 2.79. The van der Waals surface area contributed by atoms with Crippen LogP contribution in [-0.4, -0.2) is 39.9 Å². The zero-order valence-corrected chi connectivity index (χ0v) is 7.36. The third kappa shape index (κ3) is 2.36. The minimum Gasteiger partial charge on any atom is -0.465 e. The first kappa shape index (κ1) is 9.87. The first-order chi connectivity index (χ1) is 6.07. The van der Waals surface area contributed by atoms with Crippen LogP contribution < -0.4 is 0 Å². The van der Waals surface area contributed by atoms with E-state index >= 15 is 0 Å². The second kappa shape index (κ2) is 3.67. The molecule has 0 bridgehead atoms. The van der Waals surface area contributed by atoms with Gasteiger partial charge in [0, 0.05) is 19.5 Å². The number of hydrogen-bond donors (Lipinski definition) is 2. The van der Waals surface area contributed by atoms with Crippen molar-refractivity contribution in [3.63, 3.8) is 0 Å². The number of carbonyl (C=O) groups is 1. The fourth-order valence-electron chi connectivity index (χ4n) is 1.48. The van der Waals surface area contributed by atoms with E-state index in [9.17, 15) is 9.90 Å². The third-order valence-corrected chi connectivity index (χ3v) is 2.40. The van der Waals surface area contributed by atoms with Crippen LogP contribution >= 0.6 is 0 Å². The van der Waals surface area contributed by atoms with E-state index < -0.39 is 11.7 Å². The van der Waals surface area contributed by atoms with E-state index in [0.717, 1.165) is 0 Å². The molecule has 0 atom stereocenters. The third-order valence-electron chi connectivity index (χ3n) is 2.40.